The van der Waals surface area contributed by atoms with Gasteiger partial charge in [-0.2, -0.15) is 0 Å². The van der Waals surface area contributed by atoms with E-state index in [2.05, 4.69) is 18.3 Å². The fraction of sp³-hybridized carbons (Fsp3) is 0.588. The van der Waals surface area contributed by atoms with Gasteiger partial charge in [-0.25, -0.2) is 0 Å². The molecular weight excluding hydrogens is 264 g/mol. The molecule has 0 radical (unpaired) electrons. The van der Waals surface area contributed by atoms with Gasteiger partial charge in [-0.05, 0) is 18.1 Å². The Morgan fingerprint density at radius 1 is 1.29 bits per heavy atom. The minimum atomic E-state index is -0.180. The highest BCUT2D eigenvalue weighted by Crippen LogP contribution is 2.26. The minimum Gasteiger partial charge on any atom is -0.395 e. The SMILES string of the molecule is CCCCCCN(CCO)C(=O)C1Cc2ccccc2N1. The van der Waals surface area contributed by atoms with E-state index in [9.17, 15) is 9.90 Å². The van der Waals surface area contributed by atoms with Crippen molar-refractivity contribution in [1.29, 1.82) is 0 Å². The predicted molar refractivity (Wildman–Crippen MR) is 85.4 cm³/mol. The van der Waals surface area contributed by atoms with Gasteiger partial charge in [-0.3, -0.25) is 4.79 Å². The fourth-order valence-electron chi connectivity index (χ4n) is 2.85. The molecule has 1 amide bonds. The number of rotatable bonds is 8. The number of amides is 1. The van der Waals surface area contributed by atoms with Crippen LogP contribution in [-0.2, 0) is 11.2 Å². The first kappa shape index (κ1) is 15.8. The van der Waals surface area contributed by atoms with Crippen LogP contribution in [-0.4, -0.2) is 41.7 Å². The van der Waals surface area contributed by atoms with Gasteiger partial charge in [0, 0.05) is 25.2 Å². The molecule has 0 aromatic heterocycles. The summed E-state index contributed by atoms with van der Waals surface area (Å²) < 4.78 is 0. The molecule has 0 spiro atoms. The molecule has 2 N–H and O–H groups in total. The molecule has 0 saturated heterocycles. The van der Waals surface area contributed by atoms with Gasteiger partial charge in [0.2, 0.25) is 5.91 Å². The third-order valence-corrected chi connectivity index (χ3v) is 4.03. The van der Waals surface area contributed by atoms with Crippen LogP contribution in [0.15, 0.2) is 24.3 Å². The van der Waals surface area contributed by atoms with Crippen LogP contribution < -0.4 is 5.32 Å². The van der Waals surface area contributed by atoms with E-state index in [1.807, 2.05) is 18.2 Å². The second-order valence-electron chi connectivity index (χ2n) is 5.67. The van der Waals surface area contributed by atoms with Crippen molar-refractivity contribution in [3.05, 3.63) is 29.8 Å². The van der Waals surface area contributed by atoms with E-state index in [1.54, 1.807) is 4.90 Å². The highest BCUT2D eigenvalue weighted by atomic mass is 16.3. The van der Waals surface area contributed by atoms with Crippen molar-refractivity contribution >= 4 is 11.6 Å². The van der Waals surface area contributed by atoms with Crippen LogP contribution in [0.1, 0.15) is 38.2 Å². The summed E-state index contributed by atoms with van der Waals surface area (Å²) in [5.41, 5.74) is 2.26. The molecule has 1 aromatic rings. The second kappa shape index (κ2) is 8.03. The van der Waals surface area contributed by atoms with E-state index in [0.29, 0.717) is 6.54 Å². The van der Waals surface area contributed by atoms with E-state index in [4.69, 9.17) is 0 Å². The summed E-state index contributed by atoms with van der Waals surface area (Å²) in [4.78, 5) is 14.4. The lowest BCUT2D eigenvalue weighted by molar-refractivity contribution is -0.132. The molecule has 1 aliphatic rings. The first-order chi connectivity index (χ1) is 10.3. The van der Waals surface area contributed by atoms with Gasteiger partial charge >= 0.3 is 0 Å². The van der Waals surface area contributed by atoms with E-state index >= 15 is 0 Å². The van der Waals surface area contributed by atoms with Gasteiger partial charge in [-0.1, -0.05) is 44.4 Å². The molecule has 1 aliphatic heterocycles. The van der Waals surface area contributed by atoms with Crippen LogP contribution in [0, 0.1) is 0 Å². The van der Waals surface area contributed by atoms with Crippen molar-refractivity contribution < 1.29 is 9.90 Å². The summed E-state index contributed by atoms with van der Waals surface area (Å²) in [5.74, 6) is 0.108. The Morgan fingerprint density at radius 2 is 2.10 bits per heavy atom. The predicted octanol–water partition coefficient (Wildman–Crippen LogP) is 2.42. The Hall–Kier alpha value is -1.55. The molecule has 0 fully saturated rings. The lowest BCUT2D eigenvalue weighted by Gasteiger charge is -2.25. The number of para-hydroxylation sites is 1. The van der Waals surface area contributed by atoms with Crippen molar-refractivity contribution in [2.75, 3.05) is 25.0 Å². The largest absolute Gasteiger partial charge is 0.395 e. The number of fused-ring (bicyclic) bond motifs is 1. The van der Waals surface area contributed by atoms with Crippen molar-refractivity contribution in [2.24, 2.45) is 0 Å². The molecule has 21 heavy (non-hydrogen) atoms. The first-order valence-corrected chi connectivity index (χ1v) is 8.00. The fourth-order valence-corrected chi connectivity index (χ4v) is 2.85. The minimum absolute atomic E-state index is 0.0270. The smallest absolute Gasteiger partial charge is 0.245 e. The summed E-state index contributed by atoms with van der Waals surface area (Å²) >= 11 is 0. The number of hydrogen-bond donors (Lipinski definition) is 2. The van der Waals surface area contributed by atoms with Gasteiger partial charge < -0.3 is 15.3 Å². The van der Waals surface area contributed by atoms with Crippen LogP contribution in [0.2, 0.25) is 0 Å². The topological polar surface area (TPSA) is 52.6 Å². The molecule has 4 heteroatoms. The van der Waals surface area contributed by atoms with Gasteiger partial charge in [0.05, 0.1) is 6.61 Å². The molecule has 1 unspecified atom stereocenters. The Bertz CT molecular complexity index is 437. The lowest BCUT2D eigenvalue weighted by Crippen LogP contribution is -2.43. The Labute approximate surface area is 127 Å². The molecular formula is C17H26N2O2. The van der Waals surface area contributed by atoms with Crippen molar-refractivity contribution in [2.45, 2.75) is 45.1 Å². The molecule has 4 nitrogen and oxygen atoms in total. The number of hydrogen-bond acceptors (Lipinski definition) is 3. The van der Waals surface area contributed by atoms with Crippen molar-refractivity contribution in [3.8, 4) is 0 Å². The van der Waals surface area contributed by atoms with E-state index in [-0.39, 0.29) is 18.6 Å². The summed E-state index contributed by atoms with van der Waals surface area (Å²) in [6.07, 6.45) is 5.29. The molecule has 0 aliphatic carbocycles. The summed E-state index contributed by atoms with van der Waals surface area (Å²) in [5, 5.41) is 12.5. The standard InChI is InChI=1S/C17H26N2O2/c1-2-3-4-7-10-19(11-12-20)17(21)16-13-14-8-5-6-9-15(14)18-16/h5-6,8-9,16,18,20H,2-4,7,10-13H2,1H3. The Balaban J connectivity index is 1.90. The maximum absolute atomic E-state index is 12.6. The third-order valence-electron chi connectivity index (χ3n) is 4.03. The number of carbonyl (C=O) groups excluding carboxylic acids is 1. The molecule has 1 aromatic carbocycles. The van der Waals surface area contributed by atoms with Crippen LogP contribution in [0.3, 0.4) is 0 Å². The molecule has 1 atom stereocenters. The normalized spacial score (nSPS) is 16.4. The molecule has 0 bridgehead atoms. The Kier molecular flexibility index (Phi) is 6.05. The summed E-state index contributed by atoms with van der Waals surface area (Å²) in [6.45, 7) is 3.38. The number of aliphatic hydroxyl groups is 1. The average Bonchev–Trinajstić information content (AvgIpc) is 2.93. The van der Waals surface area contributed by atoms with Gasteiger partial charge in [0.15, 0.2) is 0 Å². The number of benzene rings is 1. The zero-order valence-corrected chi connectivity index (χ0v) is 12.8. The maximum atomic E-state index is 12.6. The highest BCUT2D eigenvalue weighted by molar-refractivity contribution is 5.87. The van der Waals surface area contributed by atoms with Crippen LogP contribution in [0.5, 0.6) is 0 Å². The number of nitrogens with one attached hydrogen (secondary N) is 1. The van der Waals surface area contributed by atoms with Crippen molar-refractivity contribution in [3.63, 3.8) is 0 Å². The average molecular weight is 290 g/mol. The van der Waals surface area contributed by atoms with Crippen molar-refractivity contribution in [1.82, 2.24) is 4.90 Å². The quantitative estimate of drug-likeness (QED) is 0.723. The Morgan fingerprint density at radius 3 is 2.81 bits per heavy atom. The molecule has 0 saturated carbocycles. The number of nitrogens with zero attached hydrogens (tertiary/aromatic N) is 1. The van der Waals surface area contributed by atoms with E-state index in [0.717, 1.165) is 31.5 Å². The van der Waals surface area contributed by atoms with Crippen LogP contribution >= 0.6 is 0 Å². The number of unbranched alkanes of at least 4 members (excludes halogenated alkanes) is 3. The van der Waals surface area contributed by atoms with Gasteiger partial charge in [-0.15, -0.1) is 0 Å². The summed E-state index contributed by atoms with van der Waals surface area (Å²) in [6, 6.07) is 7.88. The van der Waals surface area contributed by atoms with Crippen LogP contribution in [0.4, 0.5) is 5.69 Å². The zero-order valence-electron chi connectivity index (χ0n) is 12.8. The maximum Gasteiger partial charge on any atom is 0.245 e. The van der Waals surface area contributed by atoms with Gasteiger partial charge in [0.1, 0.15) is 6.04 Å². The monoisotopic (exact) mass is 290 g/mol. The van der Waals surface area contributed by atoms with Crippen LogP contribution in [0.25, 0.3) is 0 Å². The highest BCUT2D eigenvalue weighted by Gasteiger charge is 2.29. The third kappa shape index (κ3) is 4.21. The van der Waals surface area contributed by atoms with Gasteiger partial charge in [0.25, 0.3) is 0 Å². The lowest BCUT2D eigenvalue weighted by atomic mass is 10.1. The first-order valence-electron chi connectivity index (χ1n) is 8.00. The molecule has 2 rings (SSSR count). The number of anilines is 1. The summed E-state index contributed by atoms with van der Waals surface area (Å²) in [7, 11) is 0. The number of aliphatic hydroxyl groups excluding tert-OH is 1. The second-order valence-corrected chi connectivity index (χ2v) is 5.67. The zero-order chi connectivity index (χ0) is 15.1. The van der Waals surface area contributed by atoms with E-state index < -0.39 is 0 Å². The number of carbonyl (C=O) groups is 1. The van der Waals surface area contributed by atoms with E-state index in [1.165, 1.54) is 18.4 Å². The molecule has 1 heterocycles. The molecule has 116 valence electrons.